The van der Waals surface area contributed by atoms with Gasteiger partial charge in [0.25, 0.3) is 0 Å². The second kappa shape index (κ2) is 23.1. The number of hydrogen-bond donors (Lipinski definition) is 0. The molecule has 0 rings (SSSR count). The Morgan fingerprint density at radius 1 is 0.500 bits per heavy atom. The molecule has 0 aromatic rings. The molecular weight excluding hydrogens is 336 g/mol. The van der Waals surface area contributed by atoms with Crippen LogP contribution in [0.3, 0.4) is 0 Å². The molecule has 1 nitrogen and oxygen atoms in total. The zero-order valence-corrected chi connectivity index (χ0v) is 19.0. The predicted molar refractivity (Wildman–Crippen MR) is 121 cm³/mol. The Morgan fingerprint density at radius 3 is 1.27 bits per heavy atom. The van der Waals surface area contributed by atoms with Gasteiger partial charge < -0.3 is 0 Å². The first-order valence-electron chi connectivity index (χ1n) is 12.0. The maximum Gasteiger partial charge on any atom is 0.188 e. The van der Waals surface area contributed by atoms with E-state index in [0.29, 0.717) is 5.12 Å². The smallest absolute Gasteiger partial charge is 0.188 e. The molecule has 0 unspecified atom stereocenters. The summed E-state index contributed by atoms with van der Waals surface area (Å²) in [5.74, 6) is 1.05. The van der Waals surface area contributed by atoms with E-state index in [9.17, 15) is 4.79 Å². The average molecular weight is 385 g/mol. The number of rotatable bonds is 21. The van der Waals surface area contributed by atoms with Crippen LogP contribution in [0.4, 0.5) is 0 Å². The fourth-order valence-corrected chi connectivity index (χ4v) is 4.29. The van der Waals surface area contributed by atoms with Gasteiger partial charge in [-0.05, 0) is 12.8 Å². The molecular formula is C24H48OS. The van der Waals surface area contributed by atoms with E-state index in [1.165, 1.54) is 116 Å². The van der Waals surface area contributed by atoms with Gasteiger partial charge in [-0.25, -0.2) is 0 Å². The van der Waals surface area contributed by atoms with Crippen LogP contribution in [0.15, 0.2) is 0 Å². The molecule has 0 N–H and O–H groups in total. The summed E-state index contributed by atoms with van der Waals surface area (Å²) < 4.78 is 0. The van der Waals surface area contributed by atoms with E-state index in [0.717, 1.165) is 18.6 Å². The van der Waals surface area contributed by atoms with Gasteiger partial charge >= 0.3 is 0 Å². The maximum absolute atomic E-state index is 11.9. The van der Waals surface area contributed by atoms with Crippen molar-refractivity contribution in [2.24, 2.45) is 0 Å². The molecule has 0 aliphatic heterocycles. The van der Waals surface area contributed by atoms with E-state index in [2.05, 4.69) is 13.8 Å². The standard InChI is InChI=1S/C24H48OS/c1-3-5-7-9-11-13-15-17-19-21-23-26-24(25)22-20-18-16-14-12-10-8-6-4-2/h3-23H2,1-2H3. The summed E-state index contributed by atoms with van der Waals surface area (Å²) in [7, 11) is 0. The number of carbonyl (C=O) groups excluding carboxylic acids is 1. The van der Waals surface area contributed by atoms with Crippen LogP contribution in [0.25, 0.3) is 0 Å². The number of thioether (sulfide) groups is 1. The summed E-state index contributed by atoms with van der Waals surface area (Å²) in [6.07, 6.45) is 26.5. The Morgan fingerprint density at radius 2 is 0.846 bits per heavy atom. The lowest BCUT2D eigenvalue weighted by Gasteiger charge is -2.03. The fourth-order valence-electron chi connectivity index (χ4n) is 3.43. The first-order valence-corrected chi connectivity index (χ1v) is 13.0. The van der Waals surface area contributed by atoms with Crippen molar-refractivity contribution in [2.45, 2.75) is 142 Å². The molecule has 0 amide bonds. The van der Waals surface area contributed by atoms with Crippen LogP contribution < -0.4 is 0 Å². The third kappa shape index (κ3) is 22.1. The largest absolute Gasteiger partial charge is 0.287 e. The molecule has 0 atom stereocenters. The van der Waals surface area contributed by atoms with E-state index in [1.807, 2.05) is 0 Å². The van der Waals surface area contributed by atoms with Crippen molar-refractivity contribution in [2.75, 3.05) is 5.75 Å². The van der Waals surface area contributed by atoms with Crippen molar-refractivity contribution in [3.63, 3.8) is 0 Å². The molecule has 156 valence electrons. The summed E-state index contributed by atoms with van der Waals surface area (Å²) in [5.41, 5.74) is 0. The first-order chi connectivity index (χ1) is 12.8. The molecule has 26 heavy (non-hydrogen) atoms. The topological polar surface area (TPSA) is 17.1 Å². The second-order valence-corrected chi connectivity index (χ2v) is 9.13. The maximum atomic E-state index is 11.9. The highest BCUT2D eigenvalue weighted by Crippen LogP contribution is 2.16. The fraction of sp³-hybridized carbons (Fsp3) is 0.958. The summed E-state index contributed by atoms with van der Waals surface area (Å²) in [6, 6.07) is 0. The van der Waals surface area contributed by atoms with Crippen LogP contribution in [0.5, 0.6) is 0 Å². The van der Waals surface area contributed by atoms with E-state index in [-0.39, 0.29) is 0 Å². The molecule has 0 aromatic carbocycles. The van der Waals surface area contributed by atoms with Crippen LogP contribution in [-0.4, -0.2) is 10.9 Å². The minimum atomic E-state index is 0.434. The zero-order valence-electron chi connectivity index (χ0n) is 18.2. The second-order valence-electron chi connectivity index (χ2n) is 7.98. The third-order valence-electron chi connectivity index (χ3n) is 5.25. The Balaban J connectivity index is 3.13. The van der Waals surface area contributed by atoms with Crippen molar-refractivity contribution >= 4 is 16.9 Å². The van der Waals surface area contributed by atoms with Gasteiger partial charge in [0.15, 0.2) is 5.12 Å². The van der Waals surface area contributed by atoms with E-state index >= 15 is 0 Å². The number of unbranched alkanes of at least 4 members (excludes halogenated alkanes) is 17. The lowest BCUT2D eigenvalue weighted by atomic mass is 10.1. The lowest BCUT2D eigenvalue weighted by Crippen LogP contribution is -1.94. The summed E-state index contributed by atoms with van der Waals surface area (Å²) in [4.78, 5) is 11.9. The Labute approximate surface area is 169 Å². The van der Waals surface area contributed by atoms with Crippen molar-refractivity contribution < 1.29 is 4.79 Å². The molecule has 0 fully saturated rings. The highest BCUT2D eigenvalue weighted by atomic mass is 32.2. The van der Waals surface area contributed by atoms with Gasteiger partial charge in [-0.2, -0.15) is 0 Å². The van der Waals surface area contributed by atoms with Crippen LogP contribution in [0, 0.1) is 0 Å². The normalized spacial score (nSPS) is 11.2. The SMILES string of the molecule is CCCCCCCCCCCCSC(=O)CCCCCCCCCCC. The van der Waals surface area contributed by atoms with Gasteiger partial charge in [0.1, 0.15) is 0 Å². The van der Waals surface area contributed by atoms with Crippen molar-refractivity contribution in [1.82, 2.24) is 0 Å². The number of hydrogen-bond acceptors (Lipinski definition) is 2. The third-order valence-corrected chi connectivity index (χ3v) is 6.26. The summed E-state index contributed by atoms with van der Waals surface area (Å²) in [6.45, 7) is 4.55. The van der Waals surface area contributed by atoms with Gasteiger partial charge in [-0.15, -0.1) is 0 Å². The molecule has 2 heteroatoms. The predicted octanol–water partition coefficient (Wildman–Crippen LogP) is 9.09. The molecule has 0 bridgehead atoms. The summed E-state index contributed by atoms with van der Waals surface area (Å²) >= 11 is 1.59. The molecule has 0 spiro atoms. The molecule has 0 radical (unpaired) electrons. The van der Waals surface area contributed by atoms with Gasteiger partial charge in [0, 0.05) is 12.2 Å². The molecule has 0 aliphatic rings. The Kier molecular flexibility index (Phi) is 23.1. The Hall–Kier alpha value is 0.0200. The lowest BCUT2D eigenvalue weighted by molar-refractivity contribution is -0.111. The molecule has 0 aromatic heterocycles. The molecule has 0 saturated carbocycles. The van der Waals surface area contributed by atoms with Crippen LogP contribution in [0.2, 0.25) is 0 Å². The van der Waals surface area contributed by atoms with Gasteiger partial charge in [-0.1, -0.05) is 135 Å². The Bertz CT molecular complexity index is 277. The minimum absolute atomic E-state index is 0.434. The van der Waals surface area contributed by atoms with Crippen LogP contribution in [-0.2, 0) is 4.79 Å². The monoisotopic (exact) mass is 384 g/mol. The van der Waals surface area contributed by atoms with Crippen LogP contribution in [0.1, 0.15) is 142 Å². The molecule has 0 saturated heterocycles. The van der Waals surface area contributed by atoms with Gasteiger partial charge in [0.2, 0.25) is 0 Å². The van der Waals surface area contributed by atoms with E-state index < -0.39 is 0 Å². The van der Waals surface area contributed by atoms with Gasteiger partial charge in [0.05, 0.1) is 0 Å². The highest BCUT2D eigenvalue weighted by Gasteiger charge is 2.02. The quantitative estimate of drug-likeness (QED) is 0.183. The van der Waals surface area contributed by atoms with Crippen molar-refractivity contribution in [1.29, 1.82) is 0 Å². The zero-order chi connectivity index (χ0) is 19.1. The van der Waals surface area contributed by atoms with E-state index in [4.69, 9.17) is 0 Å². The van der Waals surface area contributed by atoms with Gasteiger partial charge in [-0.3, -0.25) is 4.79 Å². The molecule has 0 heterocycles. The highest BCUT2D eigenvalue weighted by molar-refractivity contribution is 8.13. The van der Waals surface area contributed by atoms with Crippen LogP contribution >= 0.6 is 11.8 Å². The minimum Gasteiger partial charge on any atom is -0.287 e. The van der Waals surface area contributed by atoms with Crippen molar-refractivity contribution in [3.05, 3.63) is 0 Å². The van der Waals surface area contributed by atoms with Crippen molar-refractivity contribution in [3.8, 4) is 0 Å². The summed E-state index contributed by atoms with van der Waals surface area (Å²) in [5, 5.41) is 0.434. The first kappa shape index (κ1) is 26.0. The number of carbonyl (C=O) groups is 1. The average Bonchev–Trinajstić information content (AvgIpc) is 2.64. The molecule has 0 aliphatic carbocycles. The van der Waals surface area contributed by atoms with E-state index in [1.54, 1.807) is 11.8 Å².